The monoisotopic (exact) mass is 368 g/mol. The highest BCUT2D eigenvalue weighted by Crippen LogP contribution is 2.26. The molecule has 2 aromatic heterocycles. The smallest absolute Gasteiger partial charge is 0.255 e. The van der Waals surface area contributed by atoms with Gasteiger partial charge in [-0.3, -0.25) is 14.6 Å². The molecule has 1 aliphatic heterocycles. The summed E-state index contributed by atoms with van der Waals surface area (Å²) in [7, 11) is 4.98. The molecule has 2 aromatic rings. The van der Waals surface area contributed by atoms with Crippen LogP contribution < -0.4 is 4.74 Å². The van der Waals surface area contributed by atoms with Gasteiger partial charge in [0.25, 0.3) is 11.8 Å². The van der Waals surface area contributed by atoms with Gasteiger partial charge in [-0.25, -0.2) is 4.98 Å². The second kappa shape index (κ2) is 8.16. The van der Waals surface area contributed by atoms with Crippen molar-refractivity contribution < 1.29 is 14.3 Å². The van der Waals surface area contributed by atoms with Gasteiger partial charge < -0.3 is 14.5 Å². The zero-order chi connectivity index (χ0) is 19.4. The lowest BCUT2D eigenvalue weighted by Crippen LogP contribution is -2.39. The molecule has 27 heavy (non-hydrogen) atoms. The van der Waals surface area contributed by atoms with Gasteiger partial charge in [0.1, 0.15) is 0 Å². The van der Waals surface area contributed by atoms with Gasteiger partial charge >= 0.3 is 0 Å². The first-order valence-corrected chi connectivity index (χ1v) is 8.96. The molecule has 1 aliphatic rings. The van der Waals surface area contributed by atoms with E-state index in [-0.39, 0.29) is 17.7 Å². The van der Waals surface area contributed by atoms with Crippen LogP contribution >= 0.6 is 0 Å². The van der Waals surface area contributed by atoms with E-state index in [1.807, 2.05) is 11.0 Å². The van der Waals surface area contributed by atoms with Gasteiger partial charge in [0.15, 0.2) is 0 Å². The van der Waals surface area contributed by atoms with Gasteiger partial charge in [-0.05, 0) is 31.0 Å². The van der Waals surface area contributed by atoms with E-state index in [0.29, 0.717) is 23.6 Å². The number of carbonyl (C=O) groups excluding carboxylic acids is 2. The summed E-state index contributed by atoms with van der Waals surface area (Å²) in [6.07, 6.45) is 5.05. The van der Waals surface area contributed by atoms with Crippen LogP contribution in [-0.2, 0) is 0 Å². The van der Waals surface area contributed by atoms with Crippen molar-refractivity contribution in [1.82, 2.24) is 19.8 Å². The van der Waals surface area contributed by atoms with Gasteiger partial charge in [0.2, 0.25) is 5.88 Å². The number of rotatable bonds is 4. The number of carbonyl (C=O) groups is 2. The fourth-order valence-electron chi connectivity index (χ4n) is 3.24. The Bertz CT molecular complexity index is 803. The molecule has 7 heteroatoms. The third kappa shape index (κ3) is 4.24. The SMILES string of the molecule is COc1ccc(C(=O)N2CCC[C@@H](c3ccc(C(=O)N(C)C)cn3)C2)cn1. The number of hydrogen-bond donors (Lipinski definition) is 0. The van der Waals surface area contributed by atoms with Crippen LogP contribution in [0.15, 0.2) is 36.7 Å². The first-order valence-electron chi connectivity index (χ1n) is 8.96. The van der Waals surface area contributed by atoms with Gasteiger partial charge in [0.05, 0.1) is 18.2 Å². The first-order chi connectivity index (χ1) is 13.0. The van der Waals surface area contributed by atoms with Crippen molar-refractivity contribution in [3.63, 3.8) is 0 Å². The molecule has 142 valence electrons. The van der Waals surface area contributed by atoms with Gasteiger partial charge in [-0.15, -0.1) is 0 Å². The van der Waals surface area contributed by atoms with E-state index in [1.54, 1.807) is 51.8 Å². The maximum absolute atomic E-state index is 12.8. The van der Waals surface area contributed by atoms with Crippen molar-refractivity contribution in [2.24, 2.45) is 0 Å². The summed E-state index contributed by atoms with van der Waals surface area (Å²) in [5.74, 6) is 0.549. The number of nitrogens with zero attached hydrogens (tertiary/aromatic N) is 4. The van der Waals surface area contributed by atoms with Crippen molar-refractivity contribution in [1.29, 1.82) is 0 Å². The Morgan fingerprint density at radius 2 is 1.85 bits per heavy atom. The fraction of sp³-hybridized carbons (Fsp3) is 0.400. The largest absolute Gasteiger partial charge is 0.481 e. The number of hydrogen-bond acceptors (Lipinski definition) is 5. The number of amides is 2. The summed E-state index contributed by atoms with van der Waals surface area (Å²) in [6.45, 7) is 1.33. The van der Waals surface area contributed by atoms with Crippen molar-refractivity contribution in [3.05, 3.63) is 53.5 Å². The Balaban J connectivity index is 1.70. The Kier molecular flexibility index (Phi) is 5.69. The Hall–Kier alpha value is -2.96. The summed E-state index contributed by atoms with van der Waals surface area (Å²) in [5.41, 5.74) is 2.03. The van der Waals surface area contributed by atoms with E-state index in [1.165, 1.54) is 4.90 Å². The van der Waals surface area contributed by atoms with Crippen LogP contribution in [0.5, 0.6) is 5.88 Å². The van der Waals surface area contributed by atoms with Crippen LogP contribution in [0.4, 0.5) is 0 Å². The maximum Gasteiger partial charge on any atom is 0.255 e. The highest BCUT2D eigenvalue weighted by molar-refractivity contribution is 5.94. The number of likely N-dealkylation sites (tertiary alicyclic amines) is 1. The molecule has 0 aromatic carbocycles. The average Bonchev–Trinajstić information content (AvgIpc) is 2.73. The zero-order valence-corrected chi connectivity index (χ0v) is 15.9. The van der Waals surface area contributed by atoms with E-state index >= 15 is 0 Å². The fourth-order valence-corrected chi connectivity index (χ4v) is 3.24. The molecular formula is C20H24N4O3. The van der Waals surface area contributed by atoms with Gasteiger partial charge in [-0.2, -0.15) is 0 Å². The third-order valence-corrected chi connectivity index (χ3v) is 4.76. The van der Waals surface area contributed by atoms with Crippen LogP contribution in [0.2, 0.25) is 0 Å². The maximum atomic E-state index is 12.8. The minimum atomic E-state index is -0.0681. The normalized spacial score (nSPS) is 16.7. The summed E-state index contributed by atoms with van der Waals surface area (Å²) in [4.78, 5) is 36.7. The molecule has 1 saturated heterocycles. The lowest BCUT2D eigenvalue weighted by molar-refractivity contribution is 0.0705. The molecule has 0 bridgehead atoms. The van der Waals surface area contributed by atoms with E-state index < -0.39 is 0 Å². The van der Waals surface area contributed by atoms with E-state index in [0.717, 1.165) is 25.1 Å². The molecule has 0 saturated carbocycles. The first kappa shape index (κ1) is 18.8. The highest BCUT2D eigenvalue weighted by Gasteiger charge is 2.26. The number of pyridine rings is 2. The molecule has 1 fully saturated rings. The number of methoxy groups -OCH3 is 1. The van der Waals surface area contributed by atoms with Crippen LogP contribution in [0, 0.1) is 0 Å². The zero-order valence-electron chi connectivity index (χ0n) is 15.9. The topological polar surface area (TPSA) is 75.6 Å². The third-order valence-electron chi connectivity index (χ3n) is 4.76. The molecule has 1 atom stereocenters. The standard InChI is InChI=1S/C20H24N4O3/c1-23(2)19(25)14-6-8-17(21-11-14)16-5-4-10-24(13-16)20(26)15-7-9-18(27-3)22-12-15/h6-9,11-12,16H,4-5,10,13H2,1-3H3/t16-/m1/s1. The Morgan fingerprint density at radius 3 is 2.44 bits per heavy atom. The molecule has 7 nitrogen and oxygen atoms in total. The minimum absolute atomic E-state index is 0.0331. The minimum Gasteiger partial charge on any atom is -0.481 e. The molecule has 0 aliphatic carbocycles. The molecule has 0 unspecified atom stereocenters. The molecule has 3 heterocycles. The Labute approximate surface area is 159 Å². The van der Waals surface area contributed by atoms with Crippen molar-refractivity contribution in [3.8, 4) is 5.88 Å². The second-order valence-electron chi connectivity index (χ2n) is 6.85. The summed E-state index contributed by atoms with van der Waals surface area (Å²) >= 11 is 0. The second-order valence-corrected chi connectivity index (χ2v) is 6.85. The van der Waals surface area contributed by atoms with Crippen LogP contribution in [0.25, 0.3) is 0 Å². The van der Waals surface area contributed by atoms with E-state index in [4.69, 9.17) is 4.74 Å². The highest BCUT2D eigenvalue weighted by atomic mass is 16.5. The van der Waals surface area contributed by atoms with Crippen molar-refractivity contribution in [2.45, 2.75) is 18.8 Å². The molecule has 3 rings (SSSR count). The predicted octanol–water partition coefficient (Wildman–Crippen LogP) is 2.21. The summed E-state index contributed by atoms with van der Waals surface area (Å²) < 4.78 is 5.04. The molecule has 0 spiro atoms. The van der Waals surface area contributed by atoms with Crippen LogP contribution in [-0.4, -0.2) is 65.9 Å². The number of piperidine rings is 1. The molecule has 0 N–H and O–H groups in total. The lowest BCUT2D eigenvalue weighted by Gasteiger charge is -2.32. The van der Waals surface area contributed by atoms with Crippen LogP contribution in [0.3, 0.4) is 0 Å². The molecule has 2 amide bonds. The number of ether oxygens (including phenoxy) is 1. The van der Waals surface area contributed by atoms with Gasteiger partial charge in [-0.1, -0.05) is 0 Å². The average molecular weight is 368 g/mol. The van der Waals surface area contributed by atoms with Crippen molar-refractivity contribution in [2.75, 3.05) is 34.3 Å². The van der Waals surface area contributed by atoms with Gasteiger partial charge in [0, 0.05) is 57.3 Å². The van der Waals surface area contributed by atoms with E-state index in [2.05, 4.69) is 9.97 Å². The lowest BCUT2D eigenvalue weighted by atomic mass is 9.93. The summed E-state index contributed by atoms with van der Waals surface area (Å²) in [6, 6.07) is 7.12. The Morgan fingerprint density at radius 1 is 1.11 bits per heavy atom. The number of aromatic nitrogens is 2. The van der Waals surface area contributed by atoms with E-state index in [9.17, 15) is 9.59 Å². The summed E-state index contributed by atoms with van der Waals surface area (Å²) in [5, 5.41) is 0. The quantitative estimate of drug-likeness (QED) is 0.827. The molecular weight excluding hydrogens is 344 g/mol. The van der Waals surface area contributed by atoms with Crippen LogP contribution in [0.1, 0.15) is 45.2 Å². The predicted molar refractivity (Wildman–Crippen MR) is 101 cm³/mol. The molecule has 0 radical (unpaired) electrons. The van der Waals surface area contributed by atoms with Crippen molar-refractivity contribution >= 4 is 11.8 Å².